The van der Waals surface area contributed by atoms with Crippen molar-refractivity contribution in [2.75, 3.05) is 46.3 Å². The van der Waals surface area contributed by atoms with Gasteiger partial charge in [0.25, 0.3) is 5.91 Å². The number of rotatable bonds is 2. The third-order valence-electron chi connectivity index (χ3n) is 7.17. The highest BCUT2D eigenvalue weighted by molar-refractivity contribution is 6.03. The zero-order valence-electron chi connectivity index (χ0n) is 20.2. The van der Waals surface area contributed by atoms with E-state index in [1.807, 2.05) is 73.6 Å². The van der Waals surface area contributed by atoms with Crippen LogP contribution in [0.1, 0.15) is 56.5 Å². The van der Waals surface area contributed by atoms with Gasteiger partial charge in [-0.05, 0) is 32.5 Å². The minimum absolute atomic E-state index is 0.0408. The first kappa shape index (κ1) is 22.8. The largest absolute Gasteiger partial charge is 0.340 e. The van der Waals surface area contributed by atoms with Crippen LogP contribution in [0.5, 0.6) is 0 Å². The molecule has 0 aliphatic carbocycles. The lowest BCUT2D eigenvalue weighted by Crippen LogP contribution is -2.79. The normalized spacial score (nSPS) is 23.4. The maximum absolute atomic E-state index is 14.0. The van der Waals surface area contributed by atoms with E-state index in [1.165, 1.54) is 0 Å². The standard InChI is InChI=1S/C25H36N4O3/c1-17(2)29-21(30)19-10-8-7-9-18(19)20(22(31)27-13-11-26(6)12-14-27)25(29)15-28(16-25)23(32)24(3,4)5/h7-10,17,20H,11-16H2,1-6H3. The van der Waals surface area contributed by atoms with Crippen molar-refractivity contribution < 1.29 is 14.4 Å². The second-order valence-corrected chi connectivity index (χ2v) is 10.9. The van der Waals surface area contributed by atoms with Gasteiger partial charge in [-0.25, -0.2) is 0 Å². The molecule has 0 N–H and O–H groups in total. The quantitative estimate of drug-likeness (QED) is 0.706. The van der Waals surface area contributed by atoms with Crippen molar-refractivity contribution in [1.82, 2.24) is 19.6 Å². The average molecular weight is 441 g/mol. The number of carbonyl (C=O) groups is 3. The molecule has 2 saturated heterocycles. The number of likely N-dealkylation sites (N-methyl/N-ethyl adjacent to an activating group) is 1. The van der Waals surface area contributed by atoms with Gasteiger partial charge >= 0.3 is 0 Å². The molecule has 3 aliphatic heterocycles. The van der Waals surface area contributed by atoms with Gasteiger partial charge in [-0.2, -0.15) is 0 Å². The number of nitrogens with zero attached hydrogens (tertiary/aromatic N) is 4. The number of fused-ring (bicyclic) bond motifs is 1. The fourth-order valence-corrected chi connectivity index (χ4v) is 5.59. The lowest BCUT2D eigenvalue weighted by atomic mass is 9.66. The third kappa shape index (κ3) is 3.51. The van der Waals surface area contributed by atoms with E-state index in [4.69, 9.17) is 0 Å². The van der Waals surface area contributed by atoms with Crippen molar-refractivity contribution in [3.05, 3.63) is 35.4 Å². The second kappa shape index (κ2) is 7.87. The molecule has 4 rings (SSSR count). The molecule has 7 heteroatoms. The summed E-state index contributed by atoms with van der Waals surface area (Å²) in [6.07, 6.45) is 0. The Hall–Kier alpha value is -2.41. The summed E-state index contributed by atoms with van der Waals surface area (Å²) < 4.78 is 0. The summed E-state index contributed by atoms with van der Waals surface area (Å²) in [5.74, 6) is -0.373. The second-order valence-electron chi connectivity index (χ2n) is 10.9. The van der Waals surface area contributed by atoms with Crippen LogP contribution in [-0.4, -0.2) is 95.2 Å². The predicted octanol–water partition coefficient (Wildman–Crippen LogP) is 2.04. The Morgan fingerprint density at radius 1 is 1.00 bits per heavy atom. The summed E-state index contributed by atoms with van der Waals surface area (Å²) in [5.41, 5.74) is 0.208. The summed E-state index contributed by atoms with van der Waals surface area (Å²) in [6.45, 7) is 13.6. The lowest BCUT2D eigenvalue weighted by Gasteiger charge is -2.63. The fraction of sp³-hybridized carbons (Fsp3) is 0.640. The molecule has 32 heavy (non-hydrogen) atoms. The van der Waals surface area contributed by atoms with Gasteiger partial charge in [0.2, 0.25) is 11.8 Å². The molecule has 1 spiro atoms. The van der Waals surface area contributed by atoms with Crippen molar-refractivity contribution in [3.8, 4) is 0 Å². The van der Waals surface area contributed by atoms with Gasteiger partial charge in [-0.3, -0.25) is 14.4 Å². The van der Waals surface area contributed by atoms with E-state index in [0.29, 0.717) is 31.7 Å². The van der Waals surface area contributed by atoms with Crippen LogP contribution in [-0.2, 0) is 9.59 Å². The highest BCUT2D eigenvalue weighted by atomic mass is 16.2. The molecular weight excluding hydrogens is 404 g/mol. The zero-order valence-corrected chi connectivity index (χ0v) is 20.2. The van der Waals surface area contributed by atoms with E-state index in [1.54, 1.807) is 0 Å². The maximum atomic E-state index is 14.0. The van der Waals surface area contributed by atoms with Crippen LogP contribution in [0.25, 0.3) is 0 Å². The molecule has 0 saturated carbocycles. The summed E-state index contributed by atoms with van der Waals surface area (Å²) in [7, 11) is 2.07. The number of likely N-dealkylation sites (tertiary alicyclic amines) is 1. The highest BCUT2D eigenvalue weighted by Crippen LogP contribution is 2.49. The molecule has 0 radical (unpaired) electrons. The highest BCUT2D eigenvalue weighted by Gasteiger charge is 2.63. The summed E-state index contributed by atoms with van der Waals surface area (Å²) in [4.78, 5) is 48.6. The van der Waals surface area contributed by atoms with Crippen molar-refractivity contribution in [2.24, 2.45) is 5.41 Å². The maximum Gasteiger partial charge on any atom is 0.255 e. The van der Waals surface area contributed by atoms with Crippen LogP contribution in [0.15, 0.2) is 24.3 Å². The minimum atomic E-state index is -0.707. The topological polar surface area (TPSA) is 64.2 Å². The third-order valence-corrected chi connectivity index (χ3v) is 7.17. The van der Waals surface area contributed by atoms with Crippen LogP contribution < -0.4 is 0 Å². The molecule has 3 heterocycles. The van der Waals surface area contributed by atoms with Crippen LogP contribution in [0.4, 0.5) is 0 Å². The number of benzene rings is 1. The summed E-state index contributed by atoms with van der Waals surface area (Å²) >= 11 is 0. The lowest BCUT2D eigenvalue weighted by molar-refractivity contribution is -0.163. The first-order chi connectivity index (χ1) is 15.0. The van der Waals surface area contributed by atoms with Gasteiger partial charge < -0.3 is 19.6 Å². The smallest absolute Gasteiger partial charge is 0.255 e. The van der Waals surface area contributed by atoms with E-state index in [2.05, 4.69) is 11.9 Å². The van der Waals surface area contributed by atoms with Crippen molar-refractivity contribution in [2.45, 2.75) is 52.1 Å². The molecule has 2 fully saturated rings. The fourth-order valence-electron chi connectivity index (χ4n) is 5.59. The van der Waals surface area contributed by atoms with Gasteiger partial charge in [0, 0.05) is 56.3 Å². The Kier molecular flexibility index (Phi) is 5.60. The van der Waals surface area contributed by atoms with Gasteiger partial charge in [0.1, 0.15) is 0 Å². The number of hydrogen-bond acceptors (Lipinski definition) is 4. The Labute approximate surface area is 191 Å². The Morgan fingerprint density at radius 2 is 1.59 bits per heavy atom. The molecule has 1 unspecified atom stereocenters. The molecule has 7 nitrogen and oxygen atoms in total. The summed E-state index contributed by atoms with van der Waals surface area (Å²) in [5, 5.41) is 0. The predicted molar refractivity (Wildman–Crippen MR) is 123 cm³/mol. The average Bonchev–Trinajstić information content (AvgIpc) is 2.70. The van der Waals surface area contributed by atoms with Gasteiger partial charge in [0.15, 0.2) is 0 Å². The molecule has 1 aromatic carbocycles. The molecule has 0 aromatic heterocycles. The molecule has 174 valence electrons. The van der Waals surface area contributed by atoms with Crippen molar-refractivity contribution >= 4 is 17.7 Å². The molecule has 1 aromatic rings. The molecule has 3 amide bonds. The van der Waals surface area contributed by atoms with E-state index in [0.717, 1.165) is 18.7 Å². The first-order valence-corrected chi connectivity index (χ1v) is 11.7. The van der Waals surface area contributed by atoms with E-state index in [9.17, 15) is 14.4 Å². The van der Waals surface area contributed by atoms with Gasteiger partial charge in [0.05, 0.1) is 11.5 Å². The van der Waals surface area contributed by atoms with Crippen LogP contribution in [0.2, 0.25) is 0 Å². The zero-order chi connectivity index (χ0) is 23.4. The SMILES string of the molecule is CC(C)N1C(=O)c2ccccc2C(C(=O)N2CCN(C)CC2)C12CN(C(=O)C(C)(C)C)C2. The molecular formula is C25H36N4O3. The number of amides is 3. The Bertz CT molecular complexity index is 921. The number of hydrogen-bond donors (Lipinski definition) is 0. The van der Waals surface area contributed by atoms with Crippen LogP contribution in [0, 0.1) is 5.41 Å². The molecule has 1 atom stereocenters. The van der Waals surface area contributed by atoms with E-state index < -0.39 is 16.9 Å². The van der Waals surface area contributed by atoms with Gasteiger partial charge in [-0.15, -0.1) is 0 Å². The first-order valence-electron chi connectivity index (χ1n) is 11.7. The Balaban J connectivity index is 1.78. The number of carbonyl (C=O) groups excluding carboxylic acids is 3. The van der Waals surface area contributed by atoms with Crippen molar-refractivity contribution in [1.29, 1.82) is 0 Å². The molecule has 0 bridgehead atoms. The van der Waals surface area contributed by atoms with E-state index >= 15 is 0 Å². The van der Waals surface area contributed by atoms with E-state index in [-0.39, 0.29) is 23.8 Å². The van der Waals surface area contributed by atoms with Crippen LogP contribution in [0.3, 0.4) is 0 Å². The minimum Gasteiger partial charge on any atom is -0.340 e. The molecule has 3 aliphatic rings. The summed E-state index contributed by atoms with van der Waals surface area (Å²) in [6, 6.07) is 7.46. The van der Waals surface area contributed by atoms with Crippen LogP contribution >= 0.6 is 0 Å². The van der Waals surface area contributed by atoms with Crippen molar-refractivity contribution in [3.63, 3.8) is 0 Å². The van der Waals surface area contributed by atoms with Gasteiger partial charge in [-0.1, -0.05) is 39.0 Å². The Morgan fingerprint density at radius 3 is 2.16 bits per heavy atom. The number of piperazine rings is 1. The monoisotopic (exact) mass is 440 g/mol.